The predicted molar refractivity (Wildman–Crippen MR) is 99.6 cm³/mol. The van der Waals surface area contributed by atoms with E-state index >= 15 is 0 Å². The molecule has 1 atom stereocenters. The number of likely N-dealkylation sites (tertiary alicyclic amines) is 1. The van der Waals surface area contributed by atoms with Crippen molar-refractivity contribution in [3.05, 3.63) is 52.5 Å². The molecule has 6 heteroatoms. The van der Waals surface area contributed by atoms with E-state index in [9.17, 15) is 4.79 Å². The van der Waals surface area contributed by atoms with Crippen LogP contribution in [-0.4, -0.2) is 41.2 Å². The molecule has 0 saturated carbocycles. The van der Waals surface area contributed by atoms with Crippen molar-refractivity contribution < 1.29 is 9.53 Å². The maximum Gasteiger partial charge on any atom is 0.317 e. The molecule has 1 saturated heterocycles. The summed E-state index contributed by atoms with van der Waals surface area (Å²) in [5.41, 5.74) is 2.37. The zero-order valence-corrected chi connectivity index (χ0v) is 15.4. The number of carbonyl (C=O) groups is 1. The standard InChI is InChI=1S/C19H25N3O2S/c1-15(11-16-6-10-25-14-16)21-19(23)22-8-4-18(5-9-22)24-13-17-3-2-7-20-12-17/h2-3,6-7,10,12,14-15,18H,4-5,8-9,11,13H2,1H3,(H,21,23)/t15-/m0/s1. The predicted octanol–water partition coefficient (Wildman–Crippen LogP) is 3.46. The number of rotatable bonds is 6. The first-order chi connectivity index (χ1) is 12.2. The zero-order chi connectivity index (χ0) is 17.5. The molecular formula is C19H25N3O2S. The number of hydrogen-bond acceptors (Lipinski definition) is 4. The Morgan fingerprint density at radius 3 is 2.92 bits per heavy atom. The summed E-state index contributed by atoms with van der Waals surface area (Å²) in [6.45, 7) is 4.13. The Kier molecular flexibility index (Phi) is 6.42. The van der Waals surface area contributed by atoms with Gasteiger partial charge < -0.3 is 15.0 Å². The SMILES string of the molecule is C[C@@H](Cc1ccsc1)NC(=O)N1CCC(OCc2cccnc2)CC1. The third-order valence-electron chi connectivity index (χ3n) is 4.43. The van der Waals surface area contributed by atoms with Gasteiger partial charge in [-0.3, -0.25) is 4.98 Å². The molecule has 2 aromatic heterocycles. The molecule has 5 nitrogen and oxygen atoms in total. The summed E-state index contributed by atoms with van der Waals surface area (Å²) < 4.78 is 5.95. The average Bonchev–Trinajstić information content (AvgIpc) is 3.14. The van der Waals surface area contributed by atoms with Gasteiger partial charge in [-0.1, -0.05) is 6.07 Å². The van der Waals surface area contributed by atoms with Crippen molar-refractivity contribution in [1.82, 2.24) is 15.2 Å². The van der Waals surface area contributed by atoms with Gasteiger partial charge in [-0.2, -0.15) is 11.3 Å². The number of amides is 2. The van der Waals surface area contributed by atoms with E-state index < -0.39 is 0 Å². The van der Waals surface area contributed by atoms with E-state index in [0.29, 0.717) is 6.61 Å². The van der Waals surface area contributed by atoms with Gasteiger partial charge in [0.15, 0.2) is 0 Å². The summed E-state index contributed by atoms with van der Waals surface area (Å²) >= 11 is 1.69. The Balaban J connectivity index is 1.37. The number of nitrogens with one attached hydrogen (secondary N) is 1. The molecule has 134 valence electrons. The maximum atomic E-state index is 12.4. The molecule has 3 heterocycles. The van der Waals surface area contributed by atoms with Gasteiger partial charge in [-0.25, -0.2) is 4.79 Å². The van der Waals surface area contributed by atoms with Crippen molar-refractivity contribution in [2.75, 3.05) is 13.1 Å². The van der Waals surface area contributed by atoms with Crippen LogP contribution >= 0.6 is 11.3 Å². The first kappa shape index (κ1) is 17.9. The van der Waals surface area contributed by atoms with Crippen molar-refractivity contribution in [2.45, 2.75) is 44.9 Å². The lowest BCUT2D eigenvalue weighted by Crippen LogP contribution is -2.48. The molecule has 0 aromatic carbocycles. The van der Waals surface area contributed by atoms with Gasteiger partial charge in [-0.15, -0.1) is 0 Å². The zero-order valence-electron chi connectivity index (χ0n) is 14.6. The summed E-state index contributed by atoms with van der Waals surface area (Å²) in [5.74, 6) is 0. The van der Waals surface area contributed by atoms with Gasteiger partial charge in [0, 0.05) is 31.5 Å². The summed E-state index contributed by atoms with van der Waals surface area (Å²) in [7, 11) is 0. The quantitative estimate of drug-likeness (QED) is 0.859. The van der Waals surface area contributed by atoms with E-state index in [-0.39, 0.29) is 18.2 Å². The van der Waals surface area contributed by atoms with E-state index in [1.165, 1.54) is 5.56 Å². The topological polar surface area (TPSA) is 54.5 Å². The van der Waals surface area contributed by atoms with Crippen LogP contribution < -0.4 is 5.32 Å². The molecule has 2 aromatic rings. The van der Waals surface area contributed by atoms with Crippen LogP contribution in [0.25, 0.3) is 0 Å². The van der Waals surface area contributed by atoms with Gasteiger partial charge in [0.25, 0.3) is 0 Å². The van der Waals surface area contributed by atoms with Crippen molar-refractivity contribution in [1.29, 1.82) is 0 Å². The molecule has 0 unspecified atom stereocenters. The largest absolute Gasteiger partial charge is 0.373 e. The Morgan fingerprint density at radius 2 is 2.24 bits per heavy atom. The molecular weight excluding hydrogens is 334 g/mol. The van der Waals surface area contributed by atoms with E-state index in [4.69, 9.17) is 4.74 Å². The van der Waals surface area contributed by atoms with Gasteiger partial charge in [0.2, 0.25) is 0 Å². The normalized spacial score (nSPS) is 16.6. The minimum atomic E-state index is 0.0356. The fourth-order valence-corrected chi connectivity index (χ4v) is 3.72. The number of hydrogen-bond donors (Lipinski definition) is 1. The number of nitrogens with zero attached hydrogens (tertiary/aromatic N) is 2. The van der Waals surface area contributed by atoms with Crippen molar-refractivity contribution in [3.63, 3.8) is 0 Å². The molecule has 1 aliphatic rings. The number of urea groups is 1. The highest BCUT2D eigenvalue weighted by molar-refractivity contribution is 7.07. The fraction of sp³-hybridized carbons (Fsp3) is 0.474. The van der Waals surface area contributed by atoms with Crippen molar-refractivity contribution >= 4 is 17.4 Å². The number of thiophene rings is 1. The molecule has 3 rings (SSSR count). The number of pyridine rings is 1. The molecule has 0 bridgehead atoms. The Bertz CT molecular complexity index is 640. The van der Waals surface area contributed by atoms with E-state index in [0.717, 1.165) is 37.9 Å². The number of carbonyl (C=O) groups excluding carboxylic acids is 1. The fourth-order valence-electron chi connectivity index (χ4n) is 3.04. The summed E-state index contributed by atoms with van der Waals surface area (Å²) in [5, 5.41) is 7.31. The van der Waals surface area contributed by atoms with Crippen LogP contribution in [0.15, 0.2) is 41.4 Å². The van der Waals surface area contributed by atoms with Gasteiger partial charge in [0.05, 0.1) is 12.7 Å². The molecule has 25 heavy (non-hydrogen) atoms. The van der Waals surface area contributed by atoms with Gasteiger partial charge in [-0.05, 0) is 60.2 Å². The molecule has 1 N–H and O–H groups in total. The third-order valence-corrected chi connectivity index (χ3v) is 5.16. The van der Waals surface area contributed by atoms with Crippen LogP contribution in [-0.2, 0) is 17.8 Å². The van der Waals surface area contributed by atoms with Crippen molar-refractivity contribution in [3.8, 4) is 0 Å². The second kappa shape index (κ2) is 8.97. The van der Waals surface area contributed by atoms with Gasteiger partial charge in [0.1, 0.15) is 0 Å². The minimum absolute atomic E-state index is 0.0356. The lowest BCUT2D eigenvalue weighted by Gasteiger charge is -2.32. The summed E-state index contributed by atoms with van der Waals surface area (Å²) in [6.07, 6.45) is 6.45. The summed E-state index contributed by atoms with van der Waals surface area (Å²) in [6, 6.07) is 6.22. The first-order valence-electron chi connectivity index (χ1n) is 8.77. The Morgan fingerprint density at radius 1 is 1.40 bits per heavy atom. The number of ether oxygens (including phenoxy) is 1. The highest BCUT2D eigenvalue weighted by Crippen LogP contribution is 2.16. The molecule has 2 amide bonds. The minimum Gasteiger partial charge on any atom is -0.373 e. The van der Waals surface area contributed by atoms with E-state index in [1.54, 1.807) is 17.5 Å². The molecule has 1 fully saturated rings. The second-order valence-electron chi connectivity index (χ2n) is 6.54. The monoisotopic (exact) mass is 359 g/mol. The van der Waals surface area contributed by atoms with Crippen molar-refractivity contribution in [2.24, 2.45) is 0 Å². The number of aromatic nitrogens is 1. The van der Waals surface area contributed by atoms with Crippen LogP contribution in [0.3, 0.4) is 0 Å². The highest BCUT2D eigenvalue weighted by Gasteiger charge is 2.24. The molecule has 0 aliphatic carbocycles. The van der Waals surface area contributed by atoms with Crippen LogP contribution in [0.5, 0.6) is 0 Å². The second-order valence-corrected chi connectivity index (χ2v) is 7.32. The first-order valence-corrected chi connectivity index (χ1v) is 9.72. The smallest absolute Gasteiger partial charge is 0.317 e. The lowest BCUT2D eigenvalue weighted by molar-refractivity contribution is 0.00422. The summed E-state index contributed by atoms with van der Waals surface area (Å²) in [4.78, 5) is 18.4. The Labute approximate surface area is 153 Å². The van der Waals surface area contributed by atoms with E-state index in [1.807, 2.05) is 23.2 Å². The molecule has 0 spiro atoms. The maximum absolute atomic E-state index is 12.4. The van der Waals surface area contributed by atoms with Crippen LogP contribution in [0.1, 0.15) is 30.9 Å². The molecule has 0 radical (unpaired) electrons. The number of piperidine rings is 1. The molecule has 1 aliphatic heterocycles. The average molecular weight is 359 g/mol. The van der Waals surface area contributed by atoms with E-state index in [2.05, 4.69) is 34.1 Å². The lowest BCUT2D eigenvalue weighted by atomic mass is 10.1. The van der Waals surface area contributed by atoms with Crippen LogP contribution in [0.4, 0.5) is 4.79 Å². The third kappa shape index (κ3) is 5.54. The van der Waals surface area contributed by atoms with Gasteiger partial charge >= 0.3 is 6.03 Å². The Hall–Kier alpha value is -1.92. The van der Waals surface area contributed by atoms with Crippen LogP contribution in [0.2, 0.25) is 0 Å². The van der Waals surface area contributed by atoms with Crippen LogP contribution in [0, 0.1) is 0 Å². The highest BCUT2D eigenvalue weighted by atomic mass is 32.1.